The molecule has 1 N–H and O–H groups in total. The van der Waals surface area contributed by atoms with Gasteiger partial charge in [-0.05, 0) is 46.0 Å². The molecule has 0 bridgehead atoms. The summed E-state index contributed by atoms with van der Waals surface area (Å²) in [6.07, 6.45) is 6.53. The highest BCUT2D eigenvalue weighted by atomic mass is 15.3. The lowest BCUT2D eigenvalue weighted by Gasteiger charge is -2.27. The minimum Gasteiger partial charge on any atom is -0.341 e. The second-order valence-corrected chi connectivity index (χ2v) is 5.88. The van der Waals surface area contributed by atoms with Gasteiger partial charge in [-0.2, -0.15) is 0 Å². The second-order valence-electron chi connectivity index (χ2n) is 5.88. The first-order chi connectivity index (χ1) is 9.24. The average Bonchev–Trinajstić information content (AvgIpc) is 3.23. The molecule has 3 rings (SSSR count). The summed E-state index contributed by atoms with van der Waals surface area (Å²) in [5.74, 6) is 0.935. The highest BCUT2D eigenvalue weighted by Crippen LogP contribution is 2.22. The van der Waals surface area contributed by atoms with Gasteiger partial charge in [0.1, 0.15) is 0 Å². The van der Waals surface area contributed by atoms with Gasteiger partial charge in [0.15, 0.2) is 0 Å². The lowest BCUT2D eigenvalue weighted by molar-refractivity contribution is 0.566. The molecule has 1 aromatic rings. The first-order valence-electron chi connectivity index (χ1n) is 7.56. The van der Waals surface area contributed by atoms with E-state index in [0.717, 1.165) is 43.0 Å². The number of nitrogens with zero attached hydrogens (tertiary/aromatic N) is 3. The van der Waals surface area contributed by atoms with Gasteiger partial charge in [0, 0.05) is 42.6 Å². The van der Waals surface area contributed by atoms with E-state index >= 15 is 0 Å². The molecule has 0 atom stereocenters. The molecule has 19 heavy (non-hydrogen) atoms. The maximum atomic E-state index is 4.73. The van der Waals surface area contributed by atoms with Gasteiger partial charge in [-0.15, -0.1) is 0 Å². The van der Waals surface area contributed by atoms with Gasteiger partial charge < -0.3 is 10.2 Å². The van der Waals surface area contributed by atoms with Crippen molar-refractivity contribution in [3.8, 4) is 0 Å². The van der Waals surface area contributed by atoms with Crippen molar-refractivity contribution in [2.75, 3.05) is 18.0 Å². The minimum absolute atomic E-state index is 0.737. The normalized spacial score (nSPS) is 19.8. The molecule has 104 valence electrons. The van der Waals surface area contributed by atoms with Gasteiger partial charge >= 0.3 is 0 Å². The Morgan fingerprint density at radius 3 is 2.26 bits per heavy atom. The van der Waals surface area contributed by atoms with Gasteiger partial charge in [0.05, 0.1) is 0 Å². The quantitative estimate of drug-likeness (QED) is 0.902. The molecule has 0 radical (unpaired) electrons. The molecule has 1 saturated heterocycles. The van der Waals surface area contributed by atoms with E-state index in [4.69, 9.17) is 9.97 Å². The summed E-state index contributed by atoms with van der Waals surface area (Å²) >= 11 is 0. The van der Waals surface area contributed by atoms with Gasteiger partial charge in [-0.3, -0.25) is 0 Å². The van der Waals surface area contributed by atoms with Gasteiger partial charge in [0.25, 0.3) is 0 Å². The summed E-state index contributed by atoms with van der Waals surface area (Å²) in [6, 6.07) is 0.737. The third-order valence-electron chi connectivity index (χ3n) is 4.19. The van der Waals surface area contributed by atoms with Gasteiger partial charge in [0.2, 0.25) is 5.95 Å². The summed E-state index contributed by atoms with van der Waals surface area (Å²) in [5.41, 5.74) is 3.56. The standard InChI is InChI=1S/C15H24N4/c1-11-14(10-16-13-6-7-13)12(2)18-15(17-11)19-8-4-3-5-9-19/h13,16H,3-10H2,1-2H3. The second kappa shape index (κ2) is 5.45. The van der Waals surface area contributed by atoms with E-state index in [0.29, 0.717) is 0 Å². The first-order valence-corrected chi connectivity index (χ1v) is 7.56. The van der Waals surface area contributed by atoms with Crippen LogP contribution in [0.5, 0.6) is 0 Å². The van der Waals surface area contributed by atoms with Crippen molar-refractivity contribution in [2.45, 2.75) is 58.5 Å². The number of anilines is 1. The van der Waals surface area contributed by atoms with E-state index in [1.54, 1.807) is 0 Å². The molecule has 1 aliphatic heterocycles. The summed E-state index contributed by atoms with van der Waals surface area (Å²) in [7, 11) is 0. The molecule has 0 aromatic carbocycles. The number of aromatic nitrogens is 2. The van der Waals surface area contributed by atoms with Crippen LogP contribution in [0.15, 0.2) is 0 Å². The van der Waals surface area contributed by atoms with Crippen LogP contribution >= 0.6 is 0 Å². The van der Waals surface area contributed by atoms with Crippen molar-refractivity contribution in [2.24, 2.45) is 0 Å². The third-order valence-corrected chi connectivity index (χ3v) is 4.19. The van der Waals surface area contributed by atoms with Gasteiger partial charge in [-0.25, -0.2) is 9.97 Å². The van der Waals surface area contributed by atoms with E-state index in [1.165, 1.54) is 37.7 Å². The SMILES string of the molecule is Cc1nc(N2CCCCC2)nc(C)c1CNC1CC1. The van der Waals surface area contributed by atoms with Crippen LogP contribution in [0.1, 0.15) is 49.1 Å². The Labute approximate surface area is 115 Å². The fourth-order valence-electron chi connectivity index (χ4n) is 2.75. The van der Waals surface area contributed by atoms with Crippen LogP contribution in [0.3, 0.4) is 0 Å². The molecule has 4 nitrogen and oxygen atoms in total. The number of nitrogens with one attached hydrogen (secondary N) is 1. The monoisotopic (exact) mass is 260 g/mol. The highest BCUT2D eigenvalue weighted by Gasteiger charge is 2.22. The van der Waals surface area contributed by atoms with Crippen molar-refractivity contribution in [1.82, 2.24) is 15.3 Å². The van der Waals surface area contributed by atoms with E-state index in [1.807, 2.05) is 0 Å². The molecule has 0 unspecified atom stereocenters. The Balaban J connectivity index is 1.75. The van der Waals surface area contributed by atoms with Crippen molar-refractivity contribution >= 4 is 5.95 Å². The molecule has 2 fully saturated rings. The Bertz CT molecular complexity index is 424. The lowest BCUT2D eigenvalue weighted by atomic mass is 10.1. The van der Waals surface area contributed by atoms with Crippen LogP contribution in [0.25, 0.3) is 0 Å². The zero-order chi connectivity index (χ0) is 13.2. The van der Waals surface area contributed by atoms with E-state index < -0.39 is 0 Å². The van der Waals surface area contributed by atoms with Crippen LogP contribution in [0, 0.1) is 13.8 Å². The highest BCUT2D eigenvalue weighted by molar-refractivity contribution is 5.37. The predicted octanol–water partition coefficient (Wildman–Crippen LogP) is 2.34. The Morgan fingerprint density at radius 2 is 1.68 bits per heavy atom. The Kier molecular flexibility index (Phi) is 3.69. The molecule has 2 heterocycles. The summed E-state index contributed by atoms with van der Waals surface area (Å²) < 4.78 is 0. The van der Waals surface area contributed by atoms with Crippen molar-refractivity contribution in [1.29, 1.82) is 0 Å². The lowest BCUT2D eigenvalue weighted by Crippen LogP contribution is -2.31. The number of aryl methyl sites for hydroxylation is 2. The van der Waals surface area contributed by atoms with E-state index in [-0.39, 0.29) is 0 Å². The maximum absolute atomic E-state index is 4.73. The number of hydrogen-bond donors (Lipinski definition) is 1. The van der Waals surface area contributed by atoms with E-state index in [2.05, 4.69) is 24.1 Å². The summed E-state index contributed by atoms with van der Waals surface area (Å²) in [5, 5.41) is 3.56. The van der Waals surface area contributed by atoms with Crippen LogP contribution in [0.2, 0.25) is 0 Å². The van der Waals surface area contributed by atoms with Crippen molar-refractivity contribution in [3.63, 3.8) is 0 Å². The zero-order valence-corrected chi connectivity index (χ0v) is 12.1. The number of piperidine rings is 1. The molecule has 1 aromatic heterocycles. The number of rotatable bonds is 4. The third kappa shape index (κ3) is 3.06. The Hall–Kier alpha value is -1.16. The smallest absolute Gasteiger partial charge is 0.225 e. The largest absolute Gasteiger partial charge is 0.341 e. The molecular weight excluding hydrogens is 236 g/mol. The Morgan fingerprint density at radius 1 is 1.05 bits per heavy atom. The fraction of sp³-hybridized carbons (Fsp3) is 0.733. The van der Waals surface area contributed by atoms with Gasteiger partial charge in [-0.1, -0.05) is 0 Å². The zero-order valence-electron chi connectivity index (χ0n) is 12.1. The molecule has 0 amide bonds. The maximum Gasteiger partial charge on any atom is 0.225 e. The number of hydrogen-bond acceptors (Lipinski definition) is 4. The van der Waals surface area contributed by atoms with Crippen LogP contribution in [-0.2, 0) is 6.54 Å². The molecule has 4 heteroatoms. The molecular formula is C15H24N4. The van der Waals surface area contributed by atoms with Crippen molar-refractivity contribution < 1.29 is 0 Å². The molecule has 1 aliphatic carbocycles. The molecule has 2 aliphatic rings. The predicted molar refractivity (Wildman–Crippen MR) is 77.4 cm³/mol. The minimum atomic E-state index is 0.737. The van der Waals surface area contributed by atoms with Crippen LogP contribution in [-0.4, -0.2) is 29.1 Å². The first kappa shape index (κ1) is 12.9. The summed E-state index contributed by atoms with van der Waals surface area (Å²) in [6.45, 7) is 7.37. The van der Waals surface area contributed by atoms with Crippen molar-refractivity contribution in [3.05, 3.63) is 17.0 Å². The van der Waals surface area contributed by atoms with Crippen LogP contribution < -0.4 is 10.2 Å². The molecule has 1 saturated carbocycles. The van der Waals surface area contributed by atoms with Crippen LogP contribution in [0.4, 0.5) is 5.95 Å². The fourth-order valence-corrected chi connectivity index (χ4v) is 2.75. The molecule has 0 spiro atoms. The van der Waals surface area contributed by atoms with E-state index in [9.17, 15) is 0 Å². The average molecular weight is 260 g/mol. The summed E-state index contributed by atoms with van der Waals surface area (Å²) in [4.78, 5) is 11.8. The topological polar surface area (TPSA) is 41.1 Å².